The topological polar surface area (TPSA) is 26.5 Å². The lowest BCUT2D eigenvalue weighted by atomic mass is 9.82. The average molecular weight is 429 g/mol. The molecule has 0 saturated heterocycles. The SMILES string of the molecule is CCC1(CC)OC(CC)(CC)c2cc3c(cc21)nc1c2ccccc2cc(C(C)(C)C)n31. The Kier molecular flexibility index (Phi) is 4.73. The maximum Gasteiger partial charge on any atom is 0.146 e. The monoisotopic (exact) mass is 428 g/mol. The van der Waals surface area contributed by atoms with Gasteiger partial charge in [0.15, 0.2) is 0 Å². The van der Waals surface area contributed by atoms with E-state index in [9.17, 15) is 0 Å². The highest BCUT2D eigenvalue weighted by molar-refractivity contribution is 5.99. The van der Waals surface area contributed by atoms with Gasteiger partial charge in [-0.2, -0.15) is 0 Å². The zero-order valence-electron chi connectivity index (χ0n) is 20.7. The molecule has 32 heavy (non-hydrogen) atoms. The second-order valence-corrected chi connectivity index (χ2v) is 10.5. The minimum atomic E-state index is -0.224. The van der Waals surface area contributed by atoms with Crippen LogP contribution in [0.2, 0.25) is 0 Å². The lowest BCUT2D eigenvalue weighted by molar-refractivity contribution is -0.151. The fourth-order valence-corrected chi connectivity index (χ4v) is 5.93. The zero-order valence-corrected chi connectivity index (χ0v) is 20.7. The van der Waals surface area contributed by atoms with Crippen LogP contribution < -0.4 is 0 Å². The molecule has 0 N–H and O–H groups in total. The smallest absolute Gasteiger partial charge is 0.146 e. The highest BCUT2D eigenvalue weighted by atomic mass is 16.5. The lowest BCUT2D eigenvalue weighted by Gasteiger charge is -2.34. The largest absolute Gasteiger partial charge is 0.359 e. The van der Waals surface area contributed by atoms with Gasteiger partial charge in [0.2, 0.25) is 0 Å². The first-order valence-electron chi connectivity index (χ1n) is 12.3. The van der Waals surface area contributed by atoms with E-state index < -0.39 is 0 Å². The van der Waals surface area contributed by atoms with Gasteiger partial charge in [-0.3, -0.25) is 4.40 Å². The number of rotatable bonds is 4. The van der Waals surface area contributed by atoms with Crippen molar-refractivity contribution in [3.8, 4) is 0 Å². The predicted molar refractivity (Wildman–Crippen MR) is 135 cm³/mol. The van der Waals surface area contributed by atoms with Crippen LogP contribution in [0.5, 0.6) is 0 Å². The summed E-state index contributed by atoms with van der Waals surface area (Å²) in [6.07, 6.45) is 3.92. The van der Waals surface area contributed by atoms with E-state index in [0.717, 1.165) is 36.8 Å². The summed E-state index contributed by atoms with van der Waals surface area (Å²) in [5.41, 5.74) is 6.90. The van der Waals surface area contributed by atoms with Gasteiger partial charge in [-0.15, -0.1) is 0 Å². The van der Waals surface area contributed by atoms with E-state index in [1.54, 1.807) is 0 Å². The van der Waals surface area contributed by atoms with Crippen molar-refractivity contribution in [3.63, 3.8) is 0 Å². The van der Waals surface area contributed by atoms with Crippen LogP contribution >= 0.6 is 0 Å². The third kappa shape index (κ3) is 2.73. The third-order valence-electron chi connectivity index (χ3n) is 7.95. The van der Waals surface area contributed by atoms with Gasteiger partial charge in [0, 0.05) is 16.5 Å². The van der Waals surface area contributed by atoms with Crippen molar-refractivity contribution in [2.45, 2.75) is 90.8 Å². The molecular formula is C29H36N2O. The van der Waals surface area contributed by atoms with Gasteiger partial charge in [0.25, 0.3) is 0 Å². The number of aromatic nitrogens is 2. The van der Waals surface area contributed by atoms with E-state index in [4.69, 9.17) is 9.72 Å². The van der Waals surface area contributed by atoms with Crippen molar-refractivity contribution in [1.82, 2.24) is 9.38 Å². The first-order chi connectivity index (χ1) is 15.2. The molecular weight excluding hydrogens is 392 g/mol. The van der Waals surface area contributed by atoms with E-state index in [1.165, 1.54) is 33.1 Å². The van der Waals surface area contributed by atoms with Crippen LogP contribution in [0.1, 0.15) is 91.0 Å². The van der Waals surface area contributed by atoms with Gasteiger partial charge >= 0.3 is 0 Å². The summed E-state index contributed by atoms with van der Waals surface area (Å²) in [7, 11) is 0. The minimum Gasteiger partial charge on any atom is -0.359 e. The van der Waals surface area contributed by atoms with Crippen molar-refractivity contribution in [1.29, 1.82) is 0 Å². The summed E-state index contributed by atoms with van der Waals surface area (Å²) in [5, 5.41) is 2.46. The highest BCUT2D eigenvalue weighted by Gasteiger charge is 2.50. The maximum atomic E-state index is 6.99. The minimum absolute atomic E-state index is 0.00534. The molecule has 0 unspecified atom stereocenters. The Balaban J connectivity index is 1.96. The molecule has 3 heterocycles. The summed E-state index contributed by atoms with van der Waals surface area (Å²) >= 11 is 0. The summed E-state index contributed by atoms with van der Waals surface area (Å²) < 4.78 is 9.40. The number of benzene rings is 2. The number of fused-ring (bicyclic) bond motifs is 6. The molecule has 0 aliphatic carbocycles. The molecule has 2 aromatic carbocycles. The Hall–Kier alpha value is -2.39. The molecule has 4 aromatic rings. The van der Waals surface area contributed by atoms with Crippen LogP contribution in [0.3, 0.4) is 0 Å². The molecule has 0 fully saturated rings. The zero-order chi connectivity index (χ0) is 22.9. The van der Waals surface area contributed by atoms with Crippen molar-refractivity contribution >= 4 is 27.5 Å². The summed E-state index contributed by atoms with van der Waals surface area (Å²) in [5.74, 6) is 0. The molecule has 0 spiro atoms. The van der Waals surface area contributed by atoms with Crippen molar-refractivity contribution in [3.05, 3.63) is 59.3 Å². The standard InChI is InChI=1S/C29H36N2O/c1-8-28(9-2)21-17-23-24(18-22(21)29(10-3,11-4)32-28)31-25(27(5,6)7)16-19-14-12-13-15-20(19)26(31)30-23/h12-18H,8-11H2,1-7H3. The number of imidazole rings is 1. The number of pyridine rings is 1. The van der Waals surface area contributed by atoms with Crippen LogP contribution in [0, 0.1) is 0 Å². The quantitative estimate of drug-likeness (QED) is 0.329. The Morgan fingerprint density at radius 1 is 0.844 bits per heavy atom. The molecule has 0 saturated carbocycles. The van der Waals surface area contributed by atoms with E-state index in [1.807, 2.05) is 0 Å². The molecule has 0 radical (unpaired) electrons. The van der Waals surface area contributed by atoms with Crippen molar-refractivity contribution < 1.29 is 4.74 Å². The summed E-state index contributed by atoms with van der Waals surface area (Å²) in [4.78, 5) is 5.24. The molecule has 0 amide bonds. The molecule has 168 valence electrons. The van der Waals surface area contributed by atoms with E-state index in [0.29, 0.717) is 0 Å². The van der Waals surface area contributed by atoms with Crippen LogP contribution in [0.25, 0.3) is 27.5 Å². The Morgan fingerprint density at radius 3 is 2.03 bits per heavy atom. The summed E-state index contributed by atoms with van der Waals surface area (Å²) in [6.45, 7) is 15.9. The number of ether oxygens (including phenoxy) is 1. The molecule has 2 aromatic heterocycles. The molecule has 5 rings (SSSR count). The van der Waals surface area contributed by atoms with Gasteiger partial charge in [0.05, 0.1) is 22.2 Å². The number of nitrogens with zero attached hydrogens (tertiary/aromatic N) is 2. The summed E-state index contributed by atoms with van der Waals surface area (Å²) in [6, 6.07) is 15.7. The van der Waals surface area contributed by atoms with Gasteiger partial charge in [-0.05, 0) is 60.4 Å². The Morgan fingerprint density at radius 2 is 1.44 bits per heavy atom. The fraction of sp³-hybridized carbons (Fsp3) is 0.483. The molecule has 3 nitrogen and oxygen atoms in total. The first kappa shape index (κ1) is 21.5. The van der Waals surface area contributed by atoms with E-state index in [2.05, 4.69) is 95.3 Å². The van der Waals surface area contributed by atoms with Gasteiger partial charge in [-0.1, -0.05) is 72.7 Å². The van der Waals surface area contributed by atoms with Crippen LogP contribution in [0.4, 0.5) is 0 Å². The average Bonchev–Trinajstić information content (AvgIpc) is 3.30. The number of hydrogen-bond acceptors (Lipinski definition) is 2. The lowest BCUT2D eigenvalue weighted by Crippen LogP contribution is -2.31. The molecule has 0 bridgehead atoms. The molecule has 1 aliphatic heterocycles. The highest BCUT2D eigenvalue weighted by Crippen LogP contribution is 2.54. The second-order valence-electron chi connectivity index (χ2n) is 10.5. The normalized spacial score (nSPS) is 17.5. The first-order valence-corrected chi connectivity index (χ1v) is 12.3. The van der Waals surface area contributed by atoms with Crippen molar-refractivity contribution in [2.75, 3.05) is 0 Å². The van der Waals surface area contributed by atoms with E-state index >= 15 is 0 Å². The maximum absolute atomic E-state index is 6.99. The van der Waals surface area contributed by atoms with Crippen LogP contribution in [-0.2, 0) is 21.4 Å². The fourth-order valence-electron chi connectivity index (χ4n) is 5.93. The van der Waals surface area contributed by atoms with Crippen LogP contribution in [-0.4, -0.2) is 9.38 Å². The molecule has 0 atom stereocenters. The second kappa shape index (κ2) is 7.05. The predicted octanol–water partition coefficient (Wildman–Crippen LogP) is 8.00. The van der Waals surface area contributed by atoms with Gasteiger partial charge in [0.1, 0.15) is 5.65 Å². The molecule has 1 aliphatic rings. The Bertz CT molecular complexity index is 1330. The van der Waals surface area contributed by atoms with Gasteiger partial charge in [-0.25, -0.2) is 4.98 Å². The third-order valence-corrected chi connectivity index (χ3v) is 7.95. The van der Waals surface area contributed by atoms with E-state index in [-0.39, 0.29) is 16.6 Å². The van der Waals surface area contributed by atoms with Crippen molar-refractivity contribution in [2.24, 2.45) is 0 Å². The number of hydrogen-bond donors (Lipinski definition) is 0. The molecule has 3 heteroatoms. The van der Waals surface area contributed by atoms with Crippen LogP contribution in [0.15, 0.2) is 42.5 Å². The van der Waals surface area contributed by atoms with Gasteiger partial charge < -0.3 is 4.74 Å². The Labute approximate surface area is 191 Å².